The van der Waals surface area contributed by atoms with Crippen molar-refractivity contribution in [3.05, 3.63) is 16.1 Å². The van der Waals surface area contributed by atoms with Gasteiger partial charge in [-0.25, -0.2) is 4.98 Å². The van der Waals surface area contributed by atoms with Gasteiger partial charge in [-0.05, 0) is 39.2 Å². The molecule has 0 aromatic carbocycles. The largest absolute Gasteiger partial charge is 0.309 e. The second-order valence-electron chi connectivity index (χ2n) is 4.54. The molecule has 1 aromatic rings. The van der Waals surface area contributed by atoms with E-state index >= 15 is 0 Å². The van der Waals surface area contributed by atoms with Gasteiger partial charge in [0.25, 0.3) is 0 Å². The lowest BCUT2D eigenvalue weighted by Crippen LogP contribution is -2.19. The van der Waals surface area contributed by atoms with Gasteiger partial charge in [0.15, 0.2) is 0 Å². The third-order valence-electron chi connectivity index (χ3n) is 3.00. The van der Waals surface area contributed by atoms with Gasteiger partial charge >= 0.3 is 0 Å². The number of thiazole rings is 1. The Bertz CT molecular complexity index is 304. The van der Waals surface area contributed by atoms with Crippen molar-refractivity contribution in [2.24, 2.45) is 5.92 Å². The van der Waals surface area contributed by atoms with E-state index in [2.05, 4.69) is 24.1 Å². The van der Waals surface area contributed by atoms with E-state index in [0.29, 0.717) is 6.04 Å². The first-order valence-corrected chi connectivity index (χ1v) is 6.73. The molecule has 0 saturated heterocycles. The Labute approximate surface area is 96.1 Å². The van der Waals surface area contributed by atoms with Gasteiger partial charge in [0.05, 0.1) is 5.01 Å². The Balaban J connectivity index is 1.64. The summed E-state index contributed by atoms with van der Waals surface area (Å²) in [5.41, 5.74) is 0. The standard InChI is InChI=1S/C12H20N2S/c1-9(12-8-14-10(2)15-12)13-7-3-4-11-5-6-11/h8-9,11,13H,3-7H2,1-2H3. The molecule has 1 aliphatic carbocycles. The van der Waals surface area contributed by atoms with Crippen LogP contribution in [0.5, 0.6) is 0 Å². The normalized spacial score (nSPS) is 18.0. The molecule has 3 heteroatoms. The van der Waals surface area contributed by atoms with Crippen molar-refractivity contribution in [1.29, 1.82) is 0 Å². The molecular formula is C12H20N2S. The van der Waals surface area contributed by atoms with Crippen molar-refractivity contribution in [3.8, 4) is 0 Å². The summed E-state index contributed by atoms with van der Waals surface area (Å²) < 4.78 is 0. The maximum absolute atomic E-state index is 4.28. The zero-order chi connectivity index (χ0) is 10.7. The minimum atomic E-state index is 0.468. The molecule has 1 unspecified atom stereocenters. The topological polar surface area (TPSA) is 24.9 Å². The summed E-state index contributed by atoms with van der Waals surface area (Å²) in [7, 11) is 0. The summed E-state index contributed by atoms with van der Waals surface area (Å²) in [5.74, 6) is 1.06. The Kier molecular flexibility index (Phi) is 3.76. The van der Waals surface area contributed by atoms with Crippen LogP contribution in [0.3, 0.4) is 0 Å². The summed E-state index contributed by atoms with van der Waals surface area (Å²) >= 11 is 1.80. The Hall–Kier alpha value is -0.410. The highest BCUT2D eigenvalue weighted by Crippen LogP contribution is 2.33. The highest BCUT2D eigenvalue weighted by atomic mass is 32.1. The molecule has 1 atom stereocenters. The minimum absolute atomic E-state index is 0.468. The van der Waals surface area contributed by atoms with Crippen LogP contribution in [0.15, 0.2) is 6.20 Å². The lowest BCUT2D eigenvalue weighted by atomic mass is 10.2. The molecule has 1 saturated carbocycles. The predicted octanol–water partition coefficient (Wildman–Crippen LogP) is 3.29. The van der Waals surface area contributed by atoms with E-state index in [9.17, 15) is 0 Å². The highest BCUT2D eigenvalue weighted by Gasteiger charge is 2.20. The molecule has 0 spiro atoms. The Morgan fingerprint density at radius 2 is 2.40 bits per heavy atom. The molecule has 84 valence electrons. The number of hydrogen-bond donors (Lipinski definition) is 1. The molecule has 0 radical (unpaired) electrons. The Morgan fingerprint density at radius 3 is 3.00 bits per heavy atom. The third-order valence-corrected chi connectivity index (χ3v) is 4.10. The zero-order valence-electron chi connectivity index (χ0n) is 9.62. The lowest BCUT2D eigenvalue weighted by Gasteiger charge is -2.10. The highest BCUT2D eigenvalue weighted by molar-refractivity contribution is 7.11. The van der Waals surface area contributed by atoms with Crippen LogP contribution in [0.25, 0.3) is 0 Å². The van der Waals surface area contributed by atoms with Crippen molar-refractivity contribution in [2.45, 2.75) is 45.6 Å². The van der Waals surface area contributed by atoms with E-state index in [0.717, 1.165) is 17.5 Å². The van der Waals surface area contributed by atoms with Gasteiger partial charge in [-0.2, -0.15) is 0 Å². The maximum Gasteiger partial charge on any atom is 0.0897 e. The second-order valence-corrected chi connectivity index (χ2v) is 5.81. The summed E-state index contributed by atoms with van der Waals surface area (Å²) in [6, 6.07) is 0.468. The molecule has 1 N–H and O–H groups in total. The van der Waals surface area contributed by atoms with Crippen LogP contribution in [-0.4, -0.2) is 11.5 Å². The summed E-state index contributed by atoms with van der Waals surface area (Å²) in [6.45, 7) is 5.44. The van der Waals surface area contributed by atoms with E-state index in [4.69, 9.17) is 0 Å². The van der Waals surface area contributed by atoms with Gasteiger partial charge in [-0.15, -0.1) is 11.3 Å². The molecule has 1 aliphatic rings. The molecule has 1 fully saturated rings. The van der Waals surface area contributed by atoms with E-state index in [-0.39, 0.29) is 0 Å². The van der Waals surface area contributed by atoms with Crippen LogP contribution in [0.2, 0.25) is 0 Å². The smallest absolute Gasteiger partial charge is 0.0897 e. The number of nitrogens with one attached hydrogen (secondary N) is 1. The minimum Gasteiger partial charge on any atom is -0.309 e. The number of nitrogens with zero attached hydrogens (tertiary/aromatic N) is 1. The molecular weight excluding hydrogens is 204 g/mol. The zero-order valence-corrected chi connectivity index (χ0v) is 10.4. The Morgan fingerprint density at radius 1 is 1.60 bits per heavy atom. The van der Waals surface area contributed by atoms with Gasteiger partial charge in [0.2, 0.25) is 0 Å². The van der Waals surface area contributed by atoms with Crippen LogP contribution < -0.4 is 5.32 Å². The van der Waals surface area contributed by atoms with Gasteiger partial charge in [-0.1, -0.05) is 12.8 Å². The fraction of sp³-hybridized carbons (Fsp3) is 0.750. The number of hydrogen-bond acceptors (Lipinski definition) is 3. The average Bonchev–Trinajstić information content (AvgIpc) is 2.94. The van der Waals surface area contributed by atoms with Crippen LogP contribution >= 0.6 is 11.3 Å². The van der Waals surface area contributed by atoms with Crippen molar-refractivity contribution < 1.29 is 0 Å². The third kappa shape index (κ3) is 3.58. The molecule has 2 rings (SSSR count). The van der Waals surface area contributed by atoms with Gasteiger partial charge in [-0.3, -0.25) is 0 Å². The lowest BCUT2D eigenvalue weighted by molar-refractivity contribution is 0.538. The summed E-state index contributed by atoms with van der Waals surface area (Å²) in [5, 5.41) is 4.73. The van der Waals surface area contributed by atoms with Crippen molar-refractivity contribution in [3.63, 3.8) is 0 Å². The van der Waals surface area contributed by atoms with Crippen LogP contribution in [0.1, 0.15) is 48.5 Å². The maximum atomic E-state index is 4.28. The fourth-order valence-electron chi connectivity index (χ4n) is 1.79. The average molecular weight is 224 g/mol. The summed E-state index contributed by atoms with van der Waals surface area (Å²) in [6.07, 6.45) is 7.69. The van der Waals surface area contributed by atoms with Crippen molar-refractivity contribution in [1.82, 2.24) is 10.3 Å². The number of aromatic nitrogens is 1. The van der Waals surface area contributed by atoms with Crippen molar-refractivity contribution in [2.75, 3.05) is 6.54 Å². The van der Waals surface area contributed by atoms with Crippen molar-refractivity contribution >= 4 is 11.3 Å². The van der Waals surface area contributed by atoms with E-state index < -0.39 is 0 Å². The molecule has 1 aromatic heterocycles. The molecule has 1 heterocycles. The molecule has 15 heavy (non-hydrogen) atoms. The fourth-order valence-corrected chi connectivity index (χ4v) is 2.61. The van der Waals surface area contributed by atoms with Gasteiger partial charge in [0.1, 0.15) is 0 Å². The van der Waals surface area contributed by atoms with E-state index in [1.807, 2.05) is 6.20 Å². The van der Waals surface area contributed by atoms with Gasteiger partial charge < -0.3 is 5.32 Å². The van der Waals surface area contributed by atoms with Crippen LogP contribution in [-0.2, 0) is 0 Å². The first-order chi connectivity index (χ1) is 7.25. The molecule has 0 amide bonds. The monoisotopic (exact) mass is 224 g/mol. The first kappa shape index (κ1) is 11.1. The van der Waals surface area contributed by atoms with Crippen LogP contribution in [0, 0.1) is 12.8 Å². The number of rotatable bonds is 6. The first-order valence-electron chi connectivity index (χ1n) is 5.91. The predicted molar refractivity (Wildman–Crippen MR) is 65.2 cm³/mol. The van der Waals surface area contributed by atoms with E-state index in [1.165, 1.54) is 30.6 Å². The molecule has 0 bridgehead atoms. The quantitative estimate of drug-likeness (QED) is 0.750. The SMILES string of the molecule is Cc1ncc(C(C)NCCCC2CC2)s1. The second kappa shape index (κ2) is 5.08. The molecule has 2 nitrogen and oxygen atoms in total. The summed E-state index contributed by atoms with van der Waals surface area (Å²) in [4.78, 5) is 5.64. The molecule has 0 aliphatic heterocycles. The van der Waals surface area contributed by atoms with Gasteiger partial charge in [0, 0.05) is 17.1 Å². The van der Waals surface area contributed by atoms with E-state index in [1.54, 1.807) is 11.3 Å². The number of aryl methyl sites for hydroxylation is 1. The van der Waals surface area contributed by atoms with Crippen LogP contribution in [0.4, 0.5) is 0 Å².